The standard InChI is InChI=1S/C16H31N3O3/c1-17-15(19-13-16(5-6-16)7-11-20-2)18-8-3-9-22-14-4-10-21-12-14/h14H,3-13H2,1-2H3,(H2,17,18,19). The Labute approximate surface area is 134 Å². The smallest absolute Gasteiger partial charge is 0.190 e. The van der Waals surface area contributed by atoms with Crippen LogP contribution in [-0.4, -0.2) is 65.7 Å². The third-order valence-electron chi connectivity index (χ3n) is 4.50. The van der Waals surface area contributed by atoms with Crippen molar-refractivity contribution in [1.29, 1.82) is 0 Å². The van der Waals surface area contributed by atoms with Gasteiger partial charge in [0.05, 0.1) is 12.7 Å². The van der Waals surface area contributed by atoms with Crippen molar-refractivity contribution in [2.45, 2.75) is 38.2 Å². The molecule has 0 aromatic carbocycles. The summed E-state index contributed by atoms with van der Waals surface area (Å²) in [4.78, 5) is 4.28. The third-order valence-corrected chi connectivity index (χ3v) is 4.50. The van der Waals surface area contributed by atoms with Gasteiger partial charge in [0.15, 0.2) is 5.96 Å². The zero-order chi connectivity index (χ0) is 15.7. The molecule has 2 N–H and O–H groups in total. The molecular weight excluding hydrogens is 282 g/mol. The van der Waals surface area contributed by atoms with Gasteiger partial charge in [0.2, 0.25) is 0 Å². The maximum absolute atomic E-state index is 5.75. The normalized spacial score (nSPS) is 23.5. The van der Waals surface area contributed by atoms with Crippen LogP contribution in [0.2, 0.25) is 0 Å². The third kappa shape index (κ3) is 6.10. The van der Waals surface area contributed by atoms with Crippen LogP contribution in [0.5, 0.6) is 0 Å². The molecule has 2 aliphatic rings. The van der Waals surface area contributed by atoms with Gasteiger partial charge in [-0.05, 0) is 37.5 Å². The first kappa shape index (κ1) is 17.5. The summed E-state index contributed by atoms with van der Waals surface area (Å²) in [6, 6.07) is 0. The Morgan fingerprint density at radius 1 is 1.32 bits per heavy atom. The maximum Gasteiger partial charge on any atom is 0.190 e. The van der Waals surface area contributed by atoms with Gasteiger partial charge in [0.1, 0.15) is 0 Å². The first-order chi connectivity index (χ1) is 10.8. The highest BCUT2D eigenvalue weighted by Crippen LogP contribution is 2.48. The molecule has 0 radical (unpaired) electrons. The van der Waals surface area contributed by atoms with Gasteiger partial charge in [-0.3, -0.25) is 4.99 Å². The van der Waals surface area contributed by atoms with E-state index in [1.165, 1.54) is 12.8 Å². The number of ether oxygens (including phenoxy) is 3. The van der Waals surface area contributed by atoms with Gasteiger partial charge >= 0.3 is 0 Å². The van der Waals surface area contributed by atoms with Crippen LogP contribution in [0.3, 0.4) is 0 Å². The van der Waals surface area contributed by atoms with Gasteiger partial charge < -0.3 is 24.8 Å². The van der Waals surface area contributed by atoms with E-state index in [9.17, 15) is 0 Å². The Morgan fingerprint density at radius 3 is 2.82 bits per heavy atom. The fourth-order valence-corrected chi connectivity index (χ4v) is 2.68. The first-order valence-electron chi connectivity index (χ1n) is 8.41. The summed E-state index contributed by atoms with van der Waals surface area (Å²) < 4.78 is 16.2. The number of guanidine groups is 1. The first-order valence-corrected chi connectivity index (χ1v) is 8.41. The summed E-state index contributed by atoms with van der Waals surface area (Å²) in [5.74, 6) is 0.882. The zero-order valence-electron chi connectivity index (χ0n) is 14.0. The molecule has 1 heterocycles. The van der Waals surface area contributed by atoms with E-state index < -0.39 is 0 Å². The summed E-state index contributed by atoms with van der Waals surface area (Å²) in [7, 11) is 3.58. The van der Waals surface area contributed by atoms with Crippen LogP contribution in [0.1, 0.15) is 32.1 Å². The molecule has 6 heteroatoms. The molecule has 1 aliphatic carbocycles. The molecule has 22 heavy (non-hydrogen) atoms. The Hall–Kier alpha value is -0.850. The van der Waals surface area contributed by atoms with Crippen LogP contribution >= 0.6 is 0 Å². The van der Waals surface area contributed by atoms with E-state index in [1.807, 2.05) is 7.05 Å². The van der Waals surface area contributed by atoms with Gasteiger partial charge in [-0.15, -0.1) is 0 Å². The van der Waals surface area contributed by atoms with Crippen molar-refractivity contribution in [3.63, 3.8) is 0 Å². The highest BCUT2D eigenvalue weighted by Gasteiger charge is 2.41. The Kier molecular flexibility index (Phi) is 7.42. The van der Waals surface area contributed by atoms with Gasteiger partial charge in [0.25, 0.3) is 0 Å². The molecule has 1 atom stereocenters. The van der Waals surface area contributed by atoms with Crippen molar-refractivity contribution in [2.75, 3.05) is 53.7 Å². The molecule has 1 saturated heterocycles. The molecular formula is C16H31N3O3. The fraction of sp³-hybridized carbons (Fsp3) is 0.938. The number of nitrogens with zero attached hydrogens (tertiary/aromatic N) is 1. The lowest BCUT2D eigenvalue weighted by molar-refractivity contribution is 0.0420. The molecule has 0 aromatic rings. The minimum absolute atomic E-state index is 0.299. The molecule has 1 aliphatic heterocycles. The molecule has 2 rings (SSSR count). The number of methoxy groups -OCH3 is 1. The van der Waals surface area contributed by atoms with Crippen LogP contribution in [0.25, 0.3) is 0 Å². The summed E-state index contributed by atoms with van der Waals surface area (Å²) in [5, 5.41) is 6.78. The van der Waals surface area contributed by atoms with Crippen molar-refractivity contribution in [3.8, 4) is 0 Å². The van der Waals surface area contributed by atoms with Crippen LogP contribution in [0.4, 0.5) is 0 Å². The van der Waals surface area contributed by atoms with E-state index in [2.05, 4.69) is 15.6 Å². The lowest BCUT2D eigenvalue weighted by Gasteiger charge is -2.18. The molecule has 0 amide bonds. The molecule has 128 valence electrons. The monoisotopic (exact) mass is 313 g/mol. The second-order valence-electron chi connectivity index (χ2n) is 6.31. The maximum atomic E-state index is 5.75. The quantitative estimate of drug-likeness (QED) is 0.360. The van der Waals surface area contributed by atoms with E-state index in [0.717, 1.165) is 64.7 Å². The number of hydrogen-bond acceptors (Lipinski definition) is 4. The highest BCUT2D eigenvalue weighted by molar-refractivity contribution is 5.79. The predicted octanol–water partition coefficient (Wildman–Crippen LogP) is 1.16. The Balaban J connectivity index is 1.51. The van der Waals surface area contributed by atoms with Gasteiger partial charge in [-0.25, -0.2) is 0 Å². The van der Waals surface area contributed by atoms with Crippen LogP contribution in [0, 0.1) is 5.41 Å². The second-order valence-corrected chi connectivity index (χ2v) is 6.31. The number of aliphatic imine (C=N–C) groups is 1. The van der Waals surface area contributed by atoms with Crippen molar-refractivity contribution >= 4 is 5.96 Å². The SMILES string of the molecule is CN=C(NCCCOC1CCOC1)NCC1(CCOC)CC1. The largest absolute Gasteiger partial charge is 0.385 e. The van der Waals surface area contributed by atoms with Crippen molar-refractivity contribution < 1.29 is 14.2 Å². The number of nitrogens with one attached hydrogen (secondary N) is 2. The van der Waals surface area contributed by atoms with Crippen LogP contribution < -0.4 is 10.6 Å². The molecule has 6 nitrogen and oxygen atoms in total. The number of hydrogen-bond donors (Lipinski definition) is 2. The summed E-state index contributed by atoms with van der Waals surface area (Å²) in [6.07, 6.45) is 6.01. The predicted molar refractivity (Wildman–Crippen MR) is 87.3 cm³/mol. The Morgan fingerprint density at radius 2 is 2.18 bits per heavy atom. The van der Waals surface area contributed by atoms with Gasteiger partial charge in [-0.2, -0.15) is 0 Å². The van der Waals surface area contributed by atoms with Crippen molar-refractivity contribution in [1.82, 2.24) is 10.6 Å². The second kappa shape index (κ2) is 9.33. The lowest BCUT2D eigenvalue weighted by Crippen LogP contribution is -2.41. The average molecular weight is 313 g/mol. The average Bonchev–Trinajstić information content (AvgIpc) is 3.12. The van der Waals surface area contributed by atoms with Gasteiger partial charge in [-0.1, -0.05) is 0 Å². The van der Waals surface area contributed by atoms with Crippen molar-refractivity contribution in [2.24, 2.45) is 10.4 Å². The molecule has 0 spiro atoms. The molecule has 0 aromatic heterocycles. The van der Waals surface area contributed by atoms with E-state index in [4.69, 9.17) is 14.2 Å². The minimum Gasteiger partial charge on any atom is -0.385 e. The lowest BCUT2D eigenvalue weighted by atomic mass is 10.0. The van der Waals surface area contributed by atoms with Crippen LogP contribution in [0.15, 0.2) is 4.99 Å². The molecule has 2 fully saturated rings. The van der Waals surface area contributed by atoms with Gasteiger partial charge in [0, 0.05) is 47.1 Å². The van der Waals surface area contributed by atoms with E-state index in [0.29, 0.717) is 11.5 Å². The summed E-state index contributed by atoms with van der Waals surface area (Å²) in [5.41, 5.74) is 0.430. The Bertz CT molecular complexity index is 340. The van der Waals surface area contributed by atoms with E-state index >= 15 is 0 Å². The molecule has 1 unspecified atom stereocenters. The highest BCUT2D eigenvalue weighted by atomic mass is 16.5. The molecule has 0 bridgehead atoms. The van der Waals surface area contributed by atoms with E-state index in [1.54, 1.807) is 7.11 Å². The summed E-state index contributed by atoms with van der Waals surface area (Å²) >= 11 is 0. The number of rotatable bonds is 10. The topological polar surface area (TPSA) is 64.1 Å². The van der Waals surface area contributed by atoms with E-state index in [-0.39, 0.29) is 0 Å². The summed E-state index contributed by atoms with van der Waals surface area (Å²) in [6.45, 7) is 5.06. The van der Waals surface area contributed by atoms with Crippen LogP contribution in [-0.2, 0) is 14.2 Å². The molecule has 1 saturated carbocycles. The fourth-order valence-electron chi connectivity index (χ4n) is 2.68. The zero-order valence-corrected chi connectivity index (χ0v) is 14.0. The van der Waals surface area contributed by atoms with Crippen molar-refractivity contribution in [3.05, 3.63) is 0 Å². The minimum atomic E-state index is 0.299.